The lowest BCUT2D eigenvalue weighted by atomic mass is 10.3. The molecule has 1 unspecified atom stereocenters. The van der Waals surface area contributed by atoms with Crippen molar-refractivity contribution in [1.82, 2.24) is 20.8 Å². The molecule has 0 aliphatic heterocycles. The standard InChI is InChI=1S/C7H11N5O2S/c1-3(4(13)9-2)10-5(14)6-11-12-7(8)15-6/h3H,1-2H3,(H2,8,12)(H,9,13)(H,10,14). The number of hydrogen-bond donors (Lipinski definition) is 3. The Labute approximate surface area is 90.1 Å². The molecule has 1 aromatic heterocycles. The van der Waals surface area contributed by atoms with Crippen molar-refractivity contribution in [3.05, 3.63) is 5.01 Å². The predicted molar refractivity (Wildman–Crippen MR) is 55.3 cm³/mol. The molecule has 4 N–H and O–H groups in total. The van der Waals surface area contributed by atoms with Crippen LogP contribution in [0.1, 0.15) is 16.7 Å². The highest BCUT2D eigenvalue weighted by molar-refractivity contribution is 7.16. The molecule has 1 heterocycles. The number of carbonyl (C=O) groups excluding carboxylic acids is 2. The molecule has 0 aromatic carbocycles. The van der Waals surface area contributed by atoms with Crippen LogP contribution in [0.15, 0.2) is 0 Å². The highest BCUT2D eigenvalue weighted by atomic mass is 32.1. The topological polar surface area (TPSA) is 110 Å². The van der Waals surface area contributed by atoms with E-state index in [4.69, 9.17) is 5.73 Å². The second-order valence-corrected chi connectivity index (χ2v) is 3.76. The minimum Gasteiger partial charge on any atom is -0.374 e. The zero-order chi connectivity index (χ0) is 11.4. The lowest BCUT2D eigenvalue weighted by Crippen LogP contribution is -2.43. The number of rotatable bonds is 3. The number of amides is 2. The molecule has 7 nitrogen and oxygen atoms in total. The van der Waals surface area contributed by atoms with Gasteiger partial charge in [-0.3, -0.25) is 9.59 Å². The van der Waals surface area contributed by atoms with Gasteiger partial charge in [-0.05, 0) is 6.92 Å². The normalized spacial score (nSPS) is 11.9. The number of carbonyl (C=O) groups is 2. The molecule has 1 aromatic rings. The Bertz CT molecular complexity index is 377. The van der Waals surface area contributed by atoms with Gasteiger partial charge in [0.2, 0.25) is 16.0 Å². The summed E-state index contributed by atoms with van der Waals surface area (Å²) < 4.78 is 0. The van der Waals surface area contributed by atoms with Crippen LogP contribution in [0.4, 0.5) is 5.13 Å². The van der Waals surface area contributed by atoms with Crippen LogP contribution in [0.5, 0.6) is 0 Å². The zero-order valence-corrected chi connectivity index (χ0v) is 9.09. The molecular formula is C7H11N5O2S. The molecule has 0 fully saturated rings. The number of nitrogen functional groups attached to an aromatic ring is 1. The molecule has 0 saturated heterocycles. The van der Waals surface area contributed by atoms with Crippen molar-refractivity contribution in [2.75, 3.05) is 12.8 Å². The fourth-order valence-corrected chi connectivity index (χ4v) is 1.38. The Hall–Kier alpha value is -1.70. The van der Waals surface area contributed by atoms with Crippen LogP contribution >= 0.6 is 11.3 Å². The number of nitrogens with one attached hydrogen (secondary N) is 2. The Morgan fingerprint density at radius 1 is 1.47 bits per heavy atom. The molecule has 0 bridgehead atoms. The zero-order valence-electron chi connectivity index (χ0n) is 8.27. The smallest absolute Gasteiger partial charge is 0.282 e. The highest BCUT2D eigenvalue weighted by Crippen LogP contribution is 2.10. The highest BCUT2D eigenvalue weighted by Gasteiger charge is 2.17. The van der Waals surface area contributed by atoms with Crippen LogP contribution in [-0.4, -0.2) is 35.1 Å². The molecule has 82 valence electrons. The van der Waals surface area contributed by atoms with E-state index in [0.29, 0.717) is 0 Å². The molecule has 0 aliphatic rings. The summed E-state index contributed by atoms with van der Waals surface area (Å²) in [6, 6.07) is -0.618. The molecule has 0 spiro atoms. The monoisotopic (exact) mass is 229 g/mol. The van der Waals surface area contributed by atoms with Crippen LogP contribution in [0.3, 0.4) is 0 Å². The van der Waals surface area contributed by atoms with E-state index in [9.17, 15) is 9.59 Å². The molecular weight excluding hydrogens is 218 g/mol. The van der Waals surface area contributed by atoms with E-state index in [0.717, 1.165) is 11.3 Å². The van der Waals surface area contributed by atoms with Crippen molar-refractivity contribution in [3.8, 4) is 0 Å². The molecule has 0 radical (unpaired) electrons. The third-order valence-electron chi connectivity index (χ3n) is 1.62. The van der Waals surface area contributed by atoms with Crippen molar-refractivity contribution < 1.29 is 9.59 Å². The van der Waals surface area contributed by atoms with E-state index < -0.39 is 11.9 Å². The molecule has 1 atom stereocenters. The third kappa shape index (κ3) is 2.88. The first-order valence-corrected chi connectivity index (χ1v) is 4.97. The van der Waals surface area contributed by atoms with Gasteiger partial charge < -0.3 is 16.4 Å². The first-order chi connectivity index (χ1) is 7.04. The first-order valence-electron chi connectivity index (χ1n) is 4.16. The van der Waals surface area contributed by atoms with Gasteiger partial charge in [0.05, 0.1) is 0 Å². The van der Waals surface area contributed by atoms with Crippen molar-refractivity contribution in [1.29, 1.82) is 0 Å². The van der Waals surface area contributed by atoms with Crippen LogP contribution in [-0.2, 0) is 4.79 Å². The van der Waals surface area contributed by atoms with Crippen molar-refractivity contribution in [2.45, 2.75) is 13.0 Å². The Balaban J connectivity index is 2.60. The Kier molecular flexibility index (Phi) is 3.56. The first kappa shape index (κ1) is 11.4. The number of aromatic nitrogens is 2. The maximum Gasteiger partial charge on any atom is 0.282 e. The van der Waals surface area contributed by atoms with Crippen molar-refractivity contribution in [2.24, 2.45) is 0 Å². The lowest BCUT2D eigenvalue weighted by molar-refractivity contribution is -0.122. The summed E-state index contributed by atoms with van der Waals surface area (Å²) in [5.74, 6) is -0.735. The van der Waals surface area contributed by atoms with Crippen molar-refractivity contribution >= 4 is 28.3 Å². The number of anilines is 1. The molecule has 15 heavy (non-hydrogen) atoms. The van der Waals surface area contributed by atoms with E-state index in [1.165, 1.54) is 7.05 Å². The van der Waals surface area contributed by atoms with Gasteiger partial charge in [-0.1, -0.05) is 11.3 Å². The van der Waals surface area contributed by atoms with Gasteiger partial charge in [0.25, 0.3) is 5.91 Å². The van der Waals surface area contributed by atoms with Gasteiger partial charge >= 0.3 is 0 Å². The Morgan fingerprint density at radius 2 is 2.13 bits per heavy atom. The van der Waals surface area contributed by atoms with E-state index in [1.807, 2.05) is 0 Å². The van der Waals surface area contributed by atoms with Crippen LogP contribution < -0.4 is 16.4 Å². The quantitative estimate of drug-likeness (QED) is 0.614. The largest absolute Gasteiger partial charge is 0.374 e. The number of nitrogens with two attached hydrogens (primary N) is 1. The SMILES string of the molecule is CNC(=O)C(C)NC(=O)c1nnc(N)s1. The minimum atomic E-state index is -0.618. The number of hydrogen-bond acceptors (Lipinski definition) is 6. The van der Waals surface area contributed by atoms with E-state index in [2.05, 4.69) is 20.8 Å². The lowest BCUT2D eigenvalue weighted by Gasteiger charge is -2.10. The molecule has 0 aliphatic carbocycles. The minimum absolute atomic E-state index is 0.142. The third-order valence-corrected chi connectivity index (χ3v) is 2.37. The molecule has 2 amide bonds. The van der Waals surface area contributed by atoms with Gasteiger partial charge in [0, 0.05) is 7.05 Å². The van der Waals surface area contributed by atoms with Gasteiger partial charge in [-0.2, -0.15) is 0 Å². The van der Waals surface area contributed by atoms with E-state index in [-0.39, 0.29) is 16.0 Å². The fourth-order valence-electron chi connectivity index (χ4n) is 0.867. The number of nitrogens with zero attached hydrogens (tertiary/aromatic N) is 2. The van der Waals surface area contributed by atoms with Gasteiger partial charge in [-0.25, -0.2) is 0 Å². The average Bonchev–Trinajstić information content (AvgIpc) is 2.63. The summed E-state index contributed by atoms with van der Waals surface area (Å²) in [6.45, 7) is 1.57. The average molecular weight is 229 g/mol. The Morgan fingerprint density at radius 3 is 2.60 bits per heavy atom. The summed E-state index contributed by atoms with van der Waals surface area (Å²) >= 11 is 0.969. The summed E-state index contributed by atoms with van der Waals surface area (Å²) in [6.07, 6.45) is 0. The summed E-state index contributed by atoms with van der Waals surface area (Å²) in [5, 5.41) is 12.3. The van der Waals surface area contributed by atoms with Gasteiger partial charge in [-0.15, -0.1) is 10.2 Å². The summed E-state index contributed by atoms with van der Waals surface area (Å²) in [7, 11) is 1.49. The van der Waals surface area contributed by atoms with Crippen molar-refractivity contribution in [3.63, 3.8) is 0 Å². The van der Waals surface area contributed by atoms with E-state index >= 15 is 0 Å². The van der Waals surface area contributed by atoms with Crippen LogP contribution in [0, 0.1) is 0 Å². The predicted octanol–water partition coefficient (Wildman–Crippen LogP) is -1.02. The maximum absolute atomic E-state index is 11.5. The summed E-state index contributed by atoms with van der Waals surface area (Å²) in [5.41, 5.74) is 5.32. The maximum atomic E-state index is 11.5. The van der Waals surface area contributed by atoms with E-state index in [1.54, 1.807) is 6.92 Å². The van der Waals surface area contributed by atoms with Crippen LogP contribution in [0.25, 0.3) is 0 Å². The second kappa shape index (κ2) is 4.69. The fraction of sp³-hybridized carbons (Fsp3) is 0.429. The second-order valence-electron chi connectivity index (χ2n) is 2.75. The van der Waals surface area contributed by atoms with Crippen LogP contribution in [0.2, 0.25) is 0 Å². The van der Waals surface area contributed by atoms with Gasteiger partial charge in [0.1, 0.15) is 6.04 Å². The molecule has 0 saturated carbocycles. The summed E-state index contributed by atoms with van der Waals surface area (Å²) in [4.78, 5) is 22.6. The molecule has 1 rings (SSSR count). The van der Waals surface area contributed by atoms with Gasteiger partial charge in [0.15, 0.2) is 0 Å². The molecule has 8 heteroatoms. The number of likely N-dealkylation sites (N-methyl/N-ethyl adjacent to an activating group) is 1.